The third-order valence-electron chi connectivity index (χ3n) is 3.42. The fourth-order valence-electron chi connectivity index (χ4n) is 2.33. The third-order valence-corrected chi connectivity index (χ3v) is 3.42. The van der Waals surface area contributed by atoms with Crippen molar-refractivity contribution in [3.8, 4) is 0 Å². The zero-order valence-corrected chi connectivity index (χ0v) is 13.4. The van der Waals surface area contributed by atoms with E-state index >= 15 is 0 Å². The maximum Gasteiger partial charge on any atom is 0.354 e. The van der Waals surface area contributed by atoms with Gasteiger partial charge in [0.15, 0.2) is 17.2 Å². The van der Waals surface area contributed by atoms with Gasteiger partial charge in [-0.2, -0.15) is 0 Å². The zero-order chi connectivity index (χ0) is 16.8. The minimum atomic E-state index is -0.982. The SMILES string of the molecule is CNOC.Cc1nc2c(N3CCOCC3)nccn2c1C(=O)O. The van der Waals surface area contributed by atoms with Crippen molar-refractivity contribution in [2.24, 2.45) is 0 Å². The lowest BCUT2D eigenvalue weighted by Crippen LogP contribution is -2.37. The van der Waals surface area contributed by atoms with Crippen LogP contribution in [0, 0.1) is 6.92 Å². The Morgan fingerprint density at radius 2 is 2.09 bits per heavy atom. The van der Waals surface area contributed by atoms with E-state index in [4.69, 9.17) is 4.74 Å². The van der Waals surface area contributed by atoms with Crippen LogP contribution in [-0.2, 0) is 9.57 Å². The smallest absolute Gasteiger partial charge is 0.354 e. The number of aryl methyl sites for hydroxylation is 1. The molecule has 1 aliphatic rings. The summed E-state index contributed by atoms with van der Waals surface area (Å²) >= 11 is 0. The van der Waals surface area contributed by atoms with E-state index in [0.29, 0.717) is 30.4 Å². The van der Waals surface area contributed by atoms with Gasteiger partial charge in [0, 0.05) is 32.5 Å². The predicted molar refractivity (Wildman–Crippen MR) is 83.8 cm³/mol. The number of carboxylic acids is 1. The molecule has 0 spiro atoms. The molecule has 1 aliphatic heterocycles. The molecule has 0 atom stereocenters. The molecule has 2 aromatic heterocycles. The number of morpholine rings is 1. The van der Waals surface area contributed by atoms with Crippen LogP contribution in [0.5, 0.6) is 0 Å². The molecular formula is C14H21N5O4. The summed E-state index contributed by atoms with van der Waals surface area (Å²) in [5.74, 6) is -0.273. The van der Waals surface area contributed by atoms with Gasteiger partial charge in [-0.05, 0) is 6.92 Å². The van der Waals surface area contributed by atoms with Crippen LogP contribution in [0.25, 0.3) is 5.65 Å². The number of aromatic nitrogens is 3. The van der Waals surface area contributed by atoms with Crippen molar-refractivity contribution in [2.75, 3.05) is 45.4 Å². The second-order valence-electron chi connectivity index (χ2n) is 4.80. The Morgan fingerprint density at radius 3 is 2.65 bits per heavy atom. The molecule has 0 aliphatic carbocycles. The van der Waals surface area contributed by atoms with Crippen molar-refractivity contribution in [1.82, 2.24) is 19.8 Å². The number of anilines is 1. The van der Waals surface area contributed by atoms with Crippen LogP contribution in [0.3, 0.4) is 0 Å². The number of imidazole rings is 1. The van der Waals surface area contributed by atoms with E-state index in [0.717, 1.165) is 13.1 Å². The van der Waals surface area contributed by atoms with Crippen molar-refractivity contribution in [3.05, 3.63) is 23.8 Å². The van der Waals surface area contributed by atoms with Gasteiger partial charge in [-0.3, -0.25) is 4.40 Å². The molecule has 3 heterocycles. The Balaban J connectivity index is 0.000000433. The van der Waals surface area contributed by atoms with Crippen molar-refractivity contribution >= 4 is 17.4 Å². The molecule has 126 valence electrons. The van der Waals surface area contributed by atoms with Gasteiger partial charge in [0.05, 0.1) is 26.0 Å². The van der Waals surface area contributed by atoms with Crippen molar-refractivity contribution in [2.45, 2.75) is 6.92 Å². The molecule has 2 aromatic rings. The highest BCUT2D eigenvalue weighted by molar-refractivity contribution is 5.89. The van der Waals surface area contributed by atoms with Crippen molar-refractivity contribution in [1.29, 1.82) is 0 Å². The van der Waals surface area contributed by atoms with E-state index in [-0.39, 0.29) is 5.69 Å². The average molecular weight is 323 g/mol. The van der Waals surface area contributed by atoms with Crippen LogP contribution in [0.1, 0.15) is 16.2 Å². The molecular weight excluding hydrogens is 302 g/mol. The lowest BCUT2D eigenvalue weighted by atomic mass is 10.3. The second kappa shape index (κ2) is 7.86. The van der Waals surface area contributed by atoms with Gasteiger partial charge in [0.25, 0.3) is 0 Å². The number of fused-ring (bicyclic) bond motifs is 1. The summed E-state index contributed by atoms with van der Waals surface area (Å²) < 4.78 is 6.89. The molecule has 9 heteroatoms. The lowest BCUT2D eigenvalue weighted by molar-refractivity contribution is 0.0688. The van der Waals surface area contributed by atoms with Gasteiger partial charge in [0.2, 0.25) is 0 Å². The number of hydroxylamine groups is 1. The van der Waals surface area contributed by atoms with E-state index in [2.05, 4.69) is 25.2 Å². The summed E-state index contributed by atoms with van der Waals surface area (Å²) in [7, 11) is 3.28. The molecule has 1 saturated heterocycles. The lowest BCUT2D eigenvalue weighted by Gasteiger charge is -2.27. The molecule has 0 saturated carbocycles. The summed E-state index contributed by atoms with van der Waals surface area (Å²) in [6.45, 7) is 4.46. The summed E-state index contributed by atoms with van der Waals surface area (Å²) in [4.78, 5) is 26.3. The normalized spacial score (nSPS) is 14.5. The Labute approximate surface area is 133 Å². The maximum absolute atomic E-state index is 11.3. The third kappa shape index (κ3) is 3.76. The topological polar surface area (TPSA) is 101 Å². The number of hydrogen-bond acceptors (Lipinski definition) is 7. The first-order chi connectivity index (χ1) is 11.1. The number of hydrogen-bond donors (Lipinski definition) is 2. The quantitative estimate of drug-likeness (QED) is 0.780. The summed E-state index contributed by atoms with van der Waals surface area (Å²) in [6, 6.07) is 0. The largest absolute Gasteiger partial charge is 0.477 e. The molecule has 0 unspecified atom stereocenters. The van der Waals surface area contributed by atoms with Gasteiger partial charge in [0.1, 0.15) is 0 Å². The average Bonchev–Trinajstić information content (AvgIpc) is 2.91. The fraction of sp³-hybridized carbons (Fsp3) is 0.500. The first-order valence-corrected chi connectivity index (χ1v) is 7.19. The monoisotopic (exact) mass is 323 g/mol. The van der Waals surface area contributed by atoms with Crippen LogP contribution < -0.4 is 10.4 Å². The minimum absolute atomic E-state index is 0.187. The number of carboxylic acid groups (broad SMARTS) is 1. The van der Waals surface area contributed by atoms with E-state index < -0.39 is 5.97 Å². The molecule has 0 amide bonds. The number of nitrogens with one attached hydrogen (secondary N) is 1. The van der Waals surface area contributed by atoms with Gasteiger partial charge in [-0.25, -0.2) is 20.2 Å². The first-order valence-electron chi connectivity index (χ1n) is 7.19. The highest BCUT2D eigenvalue weighted by Gasteiger charge is 2.21. The van der Waals surface area contributed by atoms with Crippen LogP contribution in [0.2, 0.25) is 0 Å². The molecule has 9 nitrogen and oxygen atoms in total. The van der Waals surface area contributed by atoms with Crippen LogP contribution in [-0.4, -0.2) is 65.9 Å². The molecule has 2 N–H and O–H groups in total. The second-order valence-corrected chi connectivity index (χ2v) is 4.80. The van der Waals surface area contributed by atoms with Crippen molar-refractivity contribution in [3.63, 3.8) is 0 Å². The molecule has 3 rings (SSSR count). The molecule has 0 aromatic carbocycles. The Morgan fingerprint density at radius 1 is 1.43 bits per heavy atom. The number of rotatable bonds is 3. The summed E-state index contributed by atoms with van der Waals surface area (Å²) in [5.41, 5.74) is 3.70. The fourth-order valence-corrected chi connectivity index (χ4v) is 2.33. The number of nitrogens with zero attached hydrogens (tertiary/aromatic N) is 4. The summed E-state index contributed by atoms with van der Waals surface area (Å²) in [6.07, 6.45) is 3.23. The van der Waals surface area contributed by atoms with Gasteiger partial charge < -0.3 is 19.6 Å². The molecule has 23 heavy (non-hydrogen) atoms. The summed E-state index contributed by atoms with van der Waals surface area (Å²) in [5, 5.41) is 9.24. The Hall–Kier alpha value is -2.23. The van der Waals surface area contributed by atoms with Gasteiger partial charge >= 0.3 is 5.97 Å². The van der Waals surface area contributed by atoms with Crippen LogP contribution in [0.4, 0.5) is 5.82 Å². The molecule has 0 bridgehead atoms. The van der Waals surface area contributed by atoms with E-state index in [1.165, 1.54) is 0 Å². The van der Waals surface area contributed by atoms with Crippen LogP contribution >= 0.6 is 0 Å². The highest BCUT2D eigenvalue weighted by atomic mass is 16.6. The maximum atomic E-state index is 11.3. The standard InChI is InChI=1S/C12H14N4O3.C2H7NO/c1-8-9(12(17)18)16-3-2-13-10(11(16)14-8)15-4-6-19-7-5-15;1-3-4-2/h2-3H,4-7H2,1H3,(H,17,18);3H,1-2H3. The van der Waals surface area contributed by atoms with E-state index in [1.54, 1.807) is 37.9 Å². The predicted octanol–water partition coefficient (Wildman–Crippen LogP) is 0.340. The minimum Gasteiger partial charge on any atom is -0.477 e. The van der Waals surface area contributed by atoms with E-state index in [9.17, 15) is 9.90 Å². The molecule has 1 fully saturated rings. The number of ether oxygens (including phenoxy) is 1. The van der Waals surface area contributed by atoms with Crippen LogP contribution in [0.15, 0.2) is 12.4 Å². The first kappa shape index (κ1) is 17.1. The van der Waals surface area contributed by atoms with E-state index in [1.807, 2.05) is 0 Å². The Bertz CT molecular complexity index is 664. The highest BCUT2D eigenvalue weighted by Crippen LogP contribution is 2.21. The zero-order valence-electron chi connectivity index (χ0n) is 13.4. The van der Waals surface area contributed by atoms with Gasteiger partial charge in [-0.15, -0.1) is 0 Å². The molecule has 0 radical (unpaired) electrons. The Kier molecular flexibility index (Phi) is 5.85. The number of carbonyl (C=O) groups is 1. The van der Waals surface area contributed by atoms with Gasteiger partial charge in [-0.1, -0.05) is 0 Å². The number of aromatic carboxylic acids is 1. The van der Waals surface area contributed by atoms with Crippen molar-refractivity contribution < 1.29 is 19.5 Å².